The van der Waals surface area contributed by atoms with Crippen LogP contribution in [-0.2, 0) is 10.0 Å². The molecule has 4 aromatic rings. The number of aromatic nitrogens is 3. The predicted octanol–water partition coefficient (Wildman–Crippen LogP) is 2.36. The highest BCUT2D eigenvalue weighted by Gasteiger charge is 2.20. The van der Waals surface area contributed by atoms with E-state index in [2.05, 4.69) is 25.6 Å². The van der Waals surface area contributed by atoms with Crippen LogP contribution in [0.1, 0.15) is 5.56 Å². The first-order valence-electron chi connectivity index (χ1n) is 10.2. The van der Waals surface area contributed by atoms with E-state index in [0.29, 0.717) is 17.4 Å². The number of hydrogen-bond acceptors (Lipinski definition) is 9. The molecule has 1 aliphatic heterocycles. The number of hydrogen-bond donors (Lipinski definition) is 3. The van der Waals surface area contributed by atoms with Gasteiger partial charge in [-0.3, -0.25) is 14.4 Å². The summed E-state index contributed by atoms with van der Waals surface area (Å²) in [4.78, 5) is 38.1. The van der Waals surface area contributed by atoms with E-state index in [1.165, 1.54) is 41.4 Å². The number of thiophene rings is 1. The zero-order valence-corrected chi connectivity index (χ0v) is 20.1. The van der Waals surface area contributed by atoms with Crippen molar-refractivity contribution in [3.63, 3.8) is 0 Å². The summed E-state index contributed by atoms with van der Waals surface area (Å²) < 4.78 is 27.8. The van der Waals surface area contributed by atoms with Gasteiger partial charge in [-0.1, -0.05) is 17.7 Å². The second-order valence-corrected chi connectivity index (χ2v) is 11.0. The van der Waals surface area contributed by atoms with Crippen molar-refractivity contribution in [2.75, 3.05) is 18.4 Å². The maximum Gasteiger partial charge on any atom is 0.333 e. The predicted molar refractivity (Wildman–Crippen MR) is 133 cm³/mol. The van der Waals surface area contributed by atoms with Crippen molar-refractivity contribution < 1.29 is 13.2 Å². The Kier molecular flexibility index (Phi) is 5.96. The quantitative estimate of drug-likeness (QED) is 0.359. The van der Waals surface area contributed by atoms with Crippen LogP contribution in [0.25, 0.3) is 16.7 Å². The number of carbonyl (C=O) groups excluding carboxylic acids is 1. The summed E-state index contributed by atoms with van der Waals surface area (Å²) in [7, 11) is -4.06. The summed E-state index contributed by atoms with van der Waals surface area (Å²) in [6, 6.07) is 10.1. The lowest BCUT2D eigenvalue weighted by Crippen LogP contribution is -2.34. The molecule has 5 rings (SSSR count). The average molecular weight is 530 g/mol. The summed E-state index contributed by atoms with van der Waals surface area (Å²) >= 11 is 6.58. The van der Waals surface area contributed by atoms with Gasteiger partial charge in [0, 0.05) is 12.1 Å². The van der Waals surface area contributed by atoms with E-state index >= 15 is 0 Å². The first kappa shape index (κ1) is 23.0. The molecule has 178 valence electrons. The van der Waals surface area contributed by atoms with Gasteiger partial charge in [0.2, 0.25) is 0 Å². The molecule has 3 aromatic heterocycles. The van der Waals surface area contributed by atoms with Crippen LogP contribution in [0.3, 0.4) is 0 Å². The molecule has 0 saturated heterocycles. The summed E-state index contributed by atoms with van der Waals surface area (Å²) in [5.41, 5.74) is 1.30. The van der Waals surface area contributed by atoms with Gasteiger partial charge in [0.1, 0.15) is 22.2 Å². The number of fused-ring (bicyclic) bond motifs is 1. The molecule has 1 aliphatic rings. The zero-order valence-electron chi connectivity index (χ0n) is 17.7. The monoisotopic (exact) mass is 529 g/mol. The third-order valence-electron chi connectivity index (χ3n) is 5.00. The Balaban J connectivity index is 1.33. The second-order valence-electron chi connectivity index (χ2n) is 7.33. The molecule has 0 atom stereocenters. The van der Waals surface area contributed by atoms with Crippen molar-refractivity contribution in [3.8, 4) is 5.82 Å². The maximum atomic E-state index is 13.0. The van der Waals surface area contributed by atoms with Crippen LogP contribution >= 0.6 is 22.9 Å². The van der Waals surface area contributed by atoms with Gasteiger partial charge in [0.15, 0.2) is 0 Å². The summed E-state index contributed by atoms with van der Waals surface area (Å²) in [6.07, 6.45) is 2.67. The fourth-order valence-electron chi connectivity index (χ4n) is 3.40. The third kappa shape index (κ3) is 4.73. The van der Waals surface area contributed by atoms with Crippen molar-refractivity contribution in [1.82, 2.24) is 24.6 Å². The number of sulfonamides is 1. The highest BCUT2D eigenvalue weighted by Crippen LogP contribution is 2.25. The lowest BCUT2D eigenvalue weighted by atomic mass is 10.1. The van der Waals surface area contributed by atoms with Gasteiger partial charge >= 0.3 is 6.03 Å². The molecular formula is C21H16ClN7O4S2. The van der Waals surface area contributed by atoms with Gasteiger partial charge in [0.25, 0.3) is 15.6 Å². The molecule has 0 radical (unpaired) electrons. The largest absolute Gasteiger partial charge is 0.368 e. The van der Waals surface area contributed by atoms with Gasteiger partial charge in [-0.2, -0.15) is 0 Å². The fraction of sp³-hybridized carbons (Fsp3) is 0.0952. The van der Waals surface area contributed by atoms with Crippen molar-refractivity contribution in [1.29, 1.82) is 0 Å². The number of urea groups is 1. The molecule has 4 heterocycles. The standard InChI is InChI=1S/C21H16ClN7O4S2/c22-16-4-6-18(34-16)35(32,33)28-21(31)27-13-2-5-17(25-10-13)29-11-26-15-9-12(19-23-7-8-24-19)1-3-14(15)20(29)30/h1-6,9-11H,7-8H2,(H,23,24)(H2,27,28,31). The molecule has 0 aliphatic carbocycles. The lowest BCUT2D eigenvalue weighted by Gasteiger charge is -2.09. The third-order valence-corrected chi connectivity index (χ3v) is 8.05. The van der Waals surface area contributed by atoms with Gasteiger partial charge < -0.3 is 10.6 Å². The van der Waals surface area contributed by atoms with Gasteiger partial charge in [0.05, 0.1) is 33.7 Å². The van der Waals surface area contributed by atoms with Crippen molar-refractivity contribution >= 4 is 61.4 Å². The number of benzene rings is 1. The SMILES string of the molecule is O=C(Nc1ccc(-n2cnc3cc(C4=NCCN4)ccc3c2=O)nc1)NS(=O)(=O)c1ccc(Cl)s1. The molecule has 2 amide bonds. The van der Waals surface area contributed by atoms with E-state index < -0.39 is 16.1 Å². The zero-order chi connectivity index (χ0) is 24.6. The minimum Gasteiger partial charge on any atom is -0.368 e. The van der Waals surface area contributed by atoms with Crippen LogP contribution in [0.5, 0.6) is 0 Å². The van der Waals surface area contributed by atoms with Gasteiger partial charge in [-0.25, -0.2) is 27.9 Å². The molecule has 35 heavy (non-hydrogen) atoms. The molecule has 0 bridgehead atoms. The number of carbonyl (C=O) groups is 1. The molecule has 0 saturated carbocycles. The minimum atomic E-state index is -4.06. The van der Waals surface area contributed by atoms with E-state index in [1.807, 2.05) is 10.8 Å². The number of halogens is 1. The number of rotatable bonds is 5. The maximum absolute atomic E-state index is 13.0. The van der Waals surface area contributed by atoms with E-state index in [9.17, 15) is 18.0 Å². The topological polar surface area (TPSA) is 147 Å². The second kappa shape index (κ2) is 9.09. The number of nitrogens with zero attached hydrogens (tertiary/aromatic N) is 4. The molecule has 0 unspecified atom stereocenters. The van der Waals surface area contributed by atoms with Crippen molar-refractivity contribution in [2.45, 2.75) is 4.21 Å². The van der Waals surface area contributed by atoms with Gasteiger partial charge in [-0.05, 0) is 36.4 Å². The minimum absolute atomic E-state index is 0.0890. The van der Waals surface area contributed by atoms with E-state index in [1.54, 1.807) is 12.1 Å². The molecule has 11 nitrogen and oxygen atoms in total. The summed E-state index contributed by atoms with van der Waals surface area (Å²) in [5.74, 6) is 1.06. The molecule has 1 aromatic carbocycles. The Morgan fingerprint density at radius 3 is 2.69 bits per heavy atom. The number of amides is 2. The smallest absolute Gasteiger partial charge is 0.333 e. The van der Waals surface area contributed by atoms with Crippen LogP contribution in [0.2, 0.25) is 4.34 Å². The Labute approximate surface area is 207 Å². The molecule has 14 heteroatoms. The van der Waals surface area contributed by atoms with Crippen LogP contribution in [0.15, 0.2) is 69.0 Å². The highest BCUT2D eigenvalue weighted by atomic mass is 35.5. The summed E-state index contributed by atoms with van der Waals surface area (Å²) in [6.45, 7) is 1.49. The lowest BCUT2D eigenvalue weighted by molar-refractivity contribution is 0.256. The first-order valence-corrected chi connectivity index (χ1v) is 12.8. The Hall–Kier alpha value is -3.81. The number of pyridine rings is 1. The van der Waals surface area contributed by atoms with Crippen LogP contribution in [-0.4, -0.2) is 47.9 Å². The van der Waals surface area contributed by atoms with E-state index in [4.69, 9.17) is 11.6 Å². The molecule has 0 spiro atoms. The van der Waals surface area contributed by atoms with E-state index in [0.717, 1.165) is 29.3 Å². The summed E-state index contributed by atoms with van der Waals surface area (Å²) in [5, 5.41) is 5.99. The van der Waals surface area contributed by atoms with Crippen LogP contribution in [0.4, 0.5) is 10.5 Å². The first-order chi connectivity index (χ1) is 16.8. The normalized spacial score (nSPS) is 13.3. The van der Waals surface area contributed by atoms with Crippen LogP contribution in [0, 0.1) is 0 Å². The fourth-order valence-corrected chi connectivity index (χ4v) is 5.79. The highest BCUT2D eigenvalue weighted by molar-refractivity contribution is 7.92. The number of aliphatic imine (C=N–C) groups is 1. The van der Waals surface area contributed by atoms with Gasteiger partial charge in [-0.15, -0.1) is 11.3 Å². The van der Waals surface area contributed by atoms with Crippen molar-refractivity contribution in [3.05, 3.63) is 75.2 Å². The Morgan fingerprint density at radius 1 is 1.14 bits per heavy atom. The average Bonchev–Trinajstić information content (AvgIpc) is 3.52. The van der Waals surface area contributed by atoms with E-state index in [-0.39, 0.29) is 25.6 Å². The molecule has 0 fully saturated rings. The molecular weight excluding hydrogens is 514 g/mol. The van der Waals surface area contributed by atoms with Crippen LogP contribution < -0.4 is 20.9 Å². The molecule has 3 N–H and O–H groups in total. The Morgan fingerprint density at radius 2 is 2.00 bits per heavy atom. The number of anilines is 1. The number of amidine groups is 1. The van der Waals surface area contributed by atoms with Crippen molar-refractivity contribution in [2.24, 2.45) is 4.99 Å². The number of nitrogens with one attached hydrogen (secondary N) is 3. The Bertz CT molecular complexity index is 1650.